The summed E-state index contributed by atoms with van der Waals surface area (Å²) in [7, 11) is 1.36. The second-order valence-electron chi connectivity index (χ2n) is 13.9. The third-order valence-electron chi connectivity index (χ3n) is 9.84. The summed E-state index contributed by atoms with van der Waals surface area (Å²) < 4.78 is 110. The Hall–Kier alpha value is -5.04. The molecule has 0 bridgehead atoms. The molecule has 2 atom stereocenters. The number of aryl methyl sites for hydroxylation is 1. The molecule has 292 valence electrons. The van der Waals surface area contributed by atoms with E-state index in [1.165, 1.54) is 38.4 Å². The zero-order chi connectivity index (χ0) is 40.1. The van der Waals surface area contributed by atoms with Gasteiger partial charge in [-0.1, -0.05) is 42.5 Å². The summed E-state index contributed by atoms with van der Waals surface area (Å²) in [6.45, 7) is 4.29. The predicted molar refractivity (Wildman–Crippen MR) is 194 cm³/mol. The molecule has 0 aliphatic heterocycles. The number of aromatic nitrogens is 1. The Morgan fingerprint density at radius 3 is 2.13 bits per heavy atom. The van der Waals surface area contributed by atoms with Crippen molar-refractivity contribution in [3.63, 3.8) is 0 Å². The standard InChI is InChI=1S/C42H41F7N2O4/c1-5-55-38(52)18-27-11-13-29(14-12-27)36-22-35(34-16-15-33(43)17-26(34)2)37(23-50-36)51(4)39(53)40(3,25-54-24-28-9-7-6-8-10-28)30-19-31(41(44,45)46)21-32(20-30)42(47,48)49/h6-10,13,15-17,19-23,27H,5,11-12,14,18,24-25H2,1-4H3. The van der Waals surface area contributed by atoms with Gasteiger partial charge in [-0.05, 0) is 110 Å². The molecule has 3 aromatic carbocycles. The molecule has 55 heavy (non-hydrogen) atoms. The minimum absolute atomic E-state index is 0.0139. The SMILES string of the molecule is CCOC(=O)CC1CC=C(c2cc(-c3ccc(F)cc3C)c(N(C)C(=O)C(C)(COCc3ccccc3)c3cc(C(F)(F)F)cc(C(F)(F)F)c3)cn2)CC1. The van der Waals surface area contributed by atoms with Crippen molar-refractivity contribution in [3.8, 4) is 11.1 Å². The van der Waals surface area contributed by atoms with Crippen molar-refractivity contribution >= 4 is 23.1 Å². The first-order valence-electron chi connectivity index (χ1n) is 17.7. The molecule has 6 nitrogen and oxygen atoms in total. The van der Waals surface area contributed by atoms with Crippen molar-refractivity contribution < 1.29 is 49.8 Å². The van der Waals surface area contributed by atoms with E-state index in [0.717, 1.165) is 10.5 Å². The van der Waals surface area contributed by atoms with Gasteiger partial charge < -0.3 is 14.4 Å². The van der Waals surface area contributed by atoms with E-state index in [1.807, 2.05) is 6.08 Å². The van der Waals surface area contributed by atoms with Gasteiger partial charge in [0, 0.05) is 19.0 Å². The molecule has 0 spiro atoms. The van der Waals surface area contributed by atoms with Crippen LogP contribution in [0.5, 0.6) is 0 Å². The second kappa shape index (κ2) is 16.8. The highest BCUT2D eigenvalue weighted by molar-refractivity contribution is 6.03. The van der Waals surface area contributed by atoms with Crippen LogP contribution in [0, 0.1) is 18.7 Å². The maximum atomic E-state index is 14.8. The zero-order valence-electron chi connectivity index (χ0n) is 30.8. The molecule has 1 heterocycles. The van der Waals surface area contributed by atoms with E-state index in [9.17, 15) is 40.3 Å². The lowest BCUT2D eigenvalue weighted by molar-refractivity contribution is -0.145. The van der Waals surface area contributed by atoms with Crippen molar-refractivity contribution in [1.29, 1.82) is 0 Å². The monoisotopic (exact) mass is 770 g/mol. The lowest BCUT2D eigenvalue weighted by Crippen LogP contribution is -2.47. The fourth-order valence-corrected chi connectivity index (χ4v) is 6.77. The van der Waals surface area contributed by atoms with Gasteiger partial charge in [0.1, 0.15) is 5.82 Å². The average Bonchev–Trinajstić information content (AvgIpc) is 3.14. The third-order valence-corrected chi connectivity index (χ3v) is 9.84. The minimum atomic E-state index is -5.16. The Balaban J connectivity index is 1.59. The Labute approximate surface area is 315 Å². The number of likely N-dealkylation sites (N-methyl/N-ethyl adjacent to an activating group) is 1. The van der Waals surface area contributed by atoms with Crippen LogP contribution in [0.3, 0.4) is 0 Å². The van der Waals surface area contributed by atoms with Gasteiger partial charge in [-0.2, -0.15) is 26.3 Å². The topological polar surface area (TPSA) is 68.7 Å². The molecule has 1 aliphatic carbocycles. The van der Waals surface area contributed by atoms with Crippen LogP contribution in [0.2, 0.25) is 0 Å². The number of halogens is 7. The van der Waals surface area contributed by atoms with E-state index < -0.39 is 52.8 Å². The molecule has 1 amide bonds. The summed E-state index contributed by atoms with van der Waals surface area (Å²) >= 11 is 0. The van der Waals surface area contributed by atoms with E-state index in [1.54, 1.807) is 50.2 Å². The van der Waals surface area contributed by atoms with E-state index in [0.29, 0.717) is 65.9 Å². The predicted octanol–water partition coefficient (Wildman–Crippen LogP) is 10.5. The third kappa shape index (κ3) is 9.80. The lowest BCUT2D eigenvalue weighted by Gasteiger charge is -2.35. The maximum Gasteiger partial charge on any atom is 0.416 e. The highest BCUT2D eigenvalue weighted by atomic mass is 19.4. The molecule has 0 fully saturated rings. The number of carbonyl (C=O) groups is 2. The number of allylic oxidation sites excluding steroid dienone is 2. The van der Waals surface area contributed by atoms with Crippen molar-refractivity contribution in [2.45, 2.75) is 70.8 Å². The quantitative estimate of drug-likeness (QED) is 0.106. The number of benzene rings is 3. The molecule has 1 aliphatic rings. The number of rotatable bonds is 12. The van der Waals surface area contributed by atoms with E-state index in [2.05, 4.69) is 4.98 Å². The number of esters is 1. The summed E-state index contributed by atoms with van der Waals surface area (Å²) in [5.41, 5.74) is -2.02. The first kappa shape index (κ1) is 41.1. The number of pyridine rings is 1. The van der Waals surface area contributed by atoms with Crippen LogP contribution >= 0.6 is 0 Å². The Morgan fingerprint density at radius 2 is 1.55 bits per heavy atom. The van der Waals surface area contributed by atoms with Gasteiger partial charge in [0.15, 0.2) is 0 Å². The van der Waals surface area contributed by atoms with E-state index in [4.69, 9.17) is 9.47 Å². The first-order valence-corrected chi connectivity index (χ1v) is 17.7. The van der Waals surface area contributed by atoms with Gasteiger partial charge >= 0.3 is 18.3 Å². The zero-order valence-corrected chi connectivity index (χ0v) is 30.8. The molecule has 5 rings (SSSR count). The fourth-order valence-electron chi connectivity index (χ4n) is 6.77. The van der Waals surface area contributed by atoms with Crippen LogP contribution in [0.1, 0.15) is 73.0 Å². The normalized spacial score (nSPS) is 15.9. The van der Waals surface area contributed by atoms with Crippen molar-refractivity contribution in [1.82, 2.24) is 4.98 Å². The molecular formula is C42H41F7N2O4. The molecule has 1 aromatic heterocycles. The van der Waals surface area contributed by atoms with Crippen molar-refractivity contribution in [2.24, 2.45) is 5.92 Å². The molecule has 4 aromatic rings. The van der Waals surface area contributed by atoms with Gasteiger partial charge in [-0.15, -0.1) is 0 Å². The number of nitrogens with zero attached hydrogens (tertiary/aromatic N) is 2. The van der Waals surface area contributed by atoms with Crippen LogP contribution in [0.25, 0.3) is 16.7 Å². The van der Waals surface area contributed by atoms with Gasteiger partial charge in [-0.25, -0.2) is 4.39 Å². The van der Waals surface area contributed by atoms with Crippen LogP contribution in [0.15, 0.2) is 85.1 Å². The van der Waals surface area contributed by atoms with Crippen LogP contribution in [-0.4, -0.2) is 37.1 Å². The molecule has 13 heteroatoms. The van der Waals surface area contributed by atoms with Crippen molar-refractivity contribution in [3.05, 3.63) is 124 Å². The highest BCUT2D eigenvalue weighted by Crippen LogP contribution is 2.42. The number of hydrogen-bond acceptors (Lipinski definition) is 5. The molecule has 2 unspecified atom stereocenters. The molecular weight excluding hydrogens is 729 g/mol. The summed E-state index contributed by atoms with van der Waals surface area (Å²) in [5.74, 6) is -1.56. The highest BCUT2D eigenvalue weighted by Gasteiger charge is 2.44. The number of amides is 1. The molecule has 0 radical (unpaired) electrons. The van der Waals surface area contributed by atoms with E-state index >= 15 is 0 Å². The number of anilines is 1. The van der Waals surface area contributed by atoms with Crippen LogP contribution < -0.4 is 4.90 Å². The number of hydrogen-bond donors (Lipinski definition) is 0. The number of carbonyl (C=O) groups excluding carboxylic acids is 2. The van der Waals surface area contributed by atoms with Gasteiger partial charge in [0.2, 0.25) is 5.91 Å². The maximum absolute atomic E-state index is 14.8. The Morgan fingerprint density at radius 1 is 0.891 bits per heavy atom. The fraction of sp³-hybridized carbons (Fsp3) is 0.357. The Kier molecular flexibility index (Phi) is 12.5. The van der Waals surface area contributed by atoms with Gasteiger partial charge in [0.05, 0.1) is 53.9 Å². The minimum Gasteiger partial charge on any atom is -0.466 e. The molecule has 0 saturated heterocycles. The Bertz CT molecular complexity index is 2010. The lowest BCUT2D eigenvalue weighted by atomic mass is 9.79. The number of ether oxygens (including phenoxy) is 2. The summed E-state index contributed by atoms with van der Waals surface area (Å²) in [6.07, 6.45) is -4.77. The molecule has 0 saturated carbocycles. The summed E-state index contributed by atoms with van der Waals surface area (Å²) in [5, 5.41) is 0. The van der Waals surface area contributed by atoms with Crippen LogP contribution in [0.4, 0.5) is 36.4 Å². The van der Waals surface area contributed by atoms with Gasteiger partial charge in [0.25, 0.3) is 0 Å². The van der Waals surface area contributed by atoms with Crippen molar-refractivity contribution in [2.75, 3.05) is 25.2 Å². The smallest absolute Gasteiger partial charge is 0.416 e. The number of alkyl halides is 6. The summed E-state index contributed by atoms with van der Waals surface area (Å²) in [6, 6.07) is 15.6. The van der Waals surface area contributed by atoms with E-state index in [-0.39, 0.29) is 36.7 Å². The van der Waals surface area contributed by atoms with Crippen LogP contribution in [-0.2, 0) is 43.4 Å². The van der Waals surface area contributed by atoms with Gasteiger partial charge in [-0.3, -0.25) is 14.6 Å². The second-order valence-corrected chi connectivity index (χ2v) is 13.9. The largest absolute Gasteiger partial charge is 0.466 e. The first-order chi connectivity index (χ1) is 25.9. The molecule has 0 N–H and O–H groups in total. The average molecular weight is 771 g/mol. The summed E-state index contributed by atoms with van der Waals surface area (Å²) in [4.78, 5) is 32.6.